The zero-order valence-electron chi connectivity index (χ0n) is 20.6. The van der Waals surface area contributed by atoms with Crippen molar-refractivity contribution in [3.63, 3.8) is 0 Å². The Morgan fingerprint density at radius 3 is 2.64 bits per heavy atom. The van der Waals surface area contributed by atoms with E-state index in [1.165, 1.54) is 9.78 Å². The Balaban J connectivity index is 1.49. The topological polar surface area (TPSA) is 71.1 Å². The largest absolute Gasteiger partial charge is 0.493 e. The van der Waals surface area contributed by atoms with Crippen LogP contribution in [0, 0.1) is 6.92 Å². The number of rotatable bonds is 9. The van der Waals surface area contributed by atoms with Crippen molar-refractivity contribution in [3.05, 3.63) is 88.6 Å². The highest BCUT2D eigenvalue weighted by molar-refractivity contribution is 7.10. The summed E-state index contributed by atoms with van der Waals surface area (Å²) in [5.41, 5.74) is 2.87. The van der Waals surface area contributed by atoms with Crippen LogP contribution in [0.1, 0.15) is 22.0 Å². The molecular formula is C28H31N3O4S. The van der Waals surface area contributed by atoms with Gasteiger partial charge in [0, 0.05) is 23.7 Å². The first-order chi connectivity index (χ1) is 17.5. The quantitative estimate of drug-likeness (QED) is 0.401. The van der Waals surface area contributed by atoms with E-state index in [2.05, 4.69) is 18.0 Å². The second-order valence-electron chi connectivity index (χ2n) is 8.58. The Bertz CT molecular complexity index is 1210. The molecule has 0 saturated carbocycles. The molecule has 0 radical (unpaired) electrons. The molecule has 1 N–H and O–H groups in total. The van der Waals surface area contributed by atoms with Gasteiger partial charge in [0.1, 0.15) is 13.2 Å². The van der Waals surface area contributed by atoms with E-state index in [4.69, 9.17) is 9.47 Å². The van der Waals surface area contributed by atoms with Crippen LogP contribution in [0.3, 0.4) is 0 Å². The highest BCUT2D eigenvalue weighted by atomic mass is 32.1. The summed E-state index contributed by atoms with van der Waals surface area (Å²) in [5.74, 6) is 1.13. The summed E-state index contributed by atoms with van der Waals surface area (Å²) in [4.78, 5) is 31.1. The number of urea groups is 1. The van der Waals surface area contributed by atoms with Crippen molar-refractivity contribution in [1.29, 1.82) is 0 Å². The van der Waals surface area contributed by atoms with Crippen LogP contribution in [0.5, 0.6) is 11.5 Å². The Morgan fingerprint density at radius 1 is 1.17 bits per heavy atom. The molecule has 0 saturated heterocycles. The second-order valence-corrected chi connectivity index (χ2v) is 9.58. The number of methoxy groups -OCH3 is 1. The van der Waals surface area contributed by atoms with Crippen LogP contribution in [0.15, 0.2) is 72.6 Å². The van der Waals surface area contributed by atoms with Gasteiger partial charge in [-0.25, -0.2) is 4.79 Å². The van der Waals surface area contributed by atoms with Gasteiger partial charge >= 0.3 is 6.03 Å². The van der Waals surface area contributed by atoms with Gasteiger partial charge in [-0.3, -0.25) is 4.79 Å². The monoisotopic (exact) mass is 505 g/mol. The molecule has 0 spiro atoms. The van der Waals surface area contributed by atoms with E-state index in [9.17, 15) is 9.59 Å². The molecule has 1 aliphatic rings. The molecule has 1 unspecified atom stereocenters. The van der Waals surface area contributed by atoms with E-state index in [0.29, 0.717) is 23.7 Å². The minimum atomic E-state index is -0.345. The number of hydrogen-bond acceptors (Lipinski definition) is 5. The Morgan fingerprint density at radius 2 is 1.92 bits per heavy atom. The van der Waals surface area contributed by atoms with Gasteiger partial charge in [0.15, 0.2) is 11.5 Å². The molecule has 1 atom stereocenters. The number of anilines is 1. The Hall–Kier alpha value is -3.78. The maximum atomic E-state index is 13.6. The van der Waals surface area contributed by atoms with Crippen molar-refractivity contribution >= 4 is 29.0 Å². The lowest BCUT2D eigenvalue weighted by molar-refractivity contribution is -0.135. The molecule has 1 aliphatic heterocycles. The summed E-state index contributed by atoms with van der Waals surface area (Å²) in [7, 11) is 1.60. The maximum Gasteiger partial charge on any atom is 0.322 e. The number of amides is 3. The molecule has 4 rings (SSSR count). The molecule has 188 valence electrons. The van der Waals surface area contributed by atoms with Gasteiger partial charge in [-0.05, 0) is 54.6 Å². The molecule has 3 aromatic rings. The lowest BCUT2D eigenvalue weighted by atomic mass is 10.0. The van der Waals surface area contributed by atoms with Gasteiger partial charge in [-0.1, -0.05) is 35.9 Å². The zero-order valence-corrected chi connectivity index (χ0v) is 21.4. The third-order valence-electron chi connectivity index (χ3n) is 6.15. The number of ether oxygens (including phenoxy) is 2. The van der Waals surface area contributed by atoms with Gasteiger partial charge in [0.25, 0.3) is 0 Å². The van der Waals surface area contributed by atoms with Crippen molar-refractivity contribution < 1.29 is 19.1 Å². The highest BCUT2D eigenvalue weighted by Crippen LogP contribution is 2.35. The number of nitrogens with zero attached hydrogens (tertiary/aromatic N) is 2. The van der Waals surface area contributed by atoms with Gasteiger partial charge in [0.2, 0.25) is 5.91 Å². The SMILES string of the molecule is C=CCN(CC(=O)N1CCc2sccc2C1COc1ccccc1OC)C(=O)Nc1ccc(C)cc1. The predicted molar refractivity (Wildman–Crippen MR) is 143 cm³/mol. The van der Waals surface area contributed by atoms with Gasteiger partial charge in [-0.2, -0.15) is 0 Å². The molecule has 7 nitrogen and oxygen atoms in total. The van der Waals surface area contributed by atoms with Crippen molar-refractivity contribution in [3.8, 4) is 11.5 Å². The van der Waals surface area contributed by atoms with Crippen LogP contribution in [0.2, 0.25) is 0 Å². The zero-order chi connectivity index (χ0) is 25.5. The molecule has 1 aromatic heterocycles. The maximum absolute atomic E-state index is 13.6. The number of carbonyl (C=O) groups is 2. The molecule has 0 bridgehead atoms. The number of thiophene rings is 1. The molecule has 3 amide bonds. The fraction of sp³-hybridized carbons (Fsp3) is 0.286. The average molecular weight is 506 g/mol. The van der Waals surface area contributed by atoms with Crippen LogP contribution in [0.25, 0.3) is 0 Å². The predicted octanol–water partition coefficient (Wildman–Crippen LogP) is 5.29. The summed E-state index contributed by atoms with van der Waals surface area (Å²) in [6.07, 6.45) is 2.40. The fourth-order valence-electron chi connectivity index (χ4n) is 4.25. The van der Waals surface area contributed by atoms with E-state index in [1.807, 2.05) is 65.7 Å². The van der Waals surface area contributed by atoms with E-state index < -0.39 is 0 Å². The number of benzene rings is 2. The van der Waals surface area contributed by atoms with Crippen molar-refractivity contribution in [1.82, 2.24) is 9.80 Å². The summed E-state index contributed by atoms with van der Waals surface area (Å²) in [6.45, 7) is 6.79. The van der Waals surface area contributed by atoms with E-state index in [0.717, 1.165) is 17.5 Å². The molecule has 2 aromatic carbocycles. The third-order valence-corrected chi connectivity index (χ3v) is 7.14. The van der Waals surface area contributed by atoms with E-state index in [-0.39, 0.29) is 37.7 Å². The normalized spacial score (nSPS) is 14.5. The molecule has 0 fully saturated rings. The molecular weight excluding hydrogens is 474 g/mol. The van der Waals surface area contributed by atoms with Crippen LogP contribution in [-0.4, -0.2) is 55.1 Å². The molecule has 2 heterocycles. The number of nitrogens with one attached hydrogen (secondary N) is 1. The fourth-order valence-corrected chi connectivity index (χ4v) is 5.18. The van der Waals surface area contributed by atoms with E-state index >= 15 is 0 Å². The van der Waals surface area contributed by atoms with Crippen molar-refractivity contribution in [2.24, 2.45) is 0 Å². The van der Waals surface area contributed by atoms with Crippen molar-refractivity contribution in [2.45, 2.75) is 19.4 Å². The summed E-state index contributed by atoms with van der Waals surface area (Å²) in [6, 6.07) is 16.5. The minimum absolute atomic E-state index is 0.0612. The first-order valence-corrected chi connectivity index (χ1v) is 12.7. The lowest BCUT2D eigenvalue weighted by Gasteiger charge is -2.37. The number of fused-ring (bicyclic) bond motifs is 1. The van der Waals surface area contributed by atoms with Crippen molar-refractivity contribution in [2.75, 3.05) is 38.7 Å². The van der Waals surface area contributed by atoms with Gasteiger partial charge in [0.05, 0.1) is 13.2 Å². The highest BCUT2D eigenvalue weighted by Gasteiger charge is 2.33. The smallest absolute Gasteiger partial charge is 0.322 e. The minimum Gasteiger partial charge on any atom is -0.493 e. The average Bonchev–Trinajstić information content (AvgIpc) is 3.37. The number of para-hydroxylation sites is 2. The second kappa shape index (κ2) is 11.8. The third kappa shape index (κ3) is 5.88. The summed E-state index contributed by atoms with van der Waals surface area (Å²) < 4.78 is 11.6. The lowest BCUT2D eigenvalue weighted by Crippen LogP contribution is -2.48. The van der Waals surface area contributed by atoms with Gasteiger partial charge in [-0.15, -0.1) is 17.9 Å². The van der Waals surface area contributed by atoms with E-state index in [1.54, 1.807) is 24.5 Å². The molecule has 0 aliphatic carbocycles. The summed E-state index contributed by atoms with van der Waals surface area (Å²) >= 11 is 1.70. The first-order valence-electron chi connectivity index (χ1n) is 11.8. The van der Waals surface area contributed by atoms with Crippen LogP contribution in [-0.2, 0) is 11.2 Å². The first kappa shape index (κ1) is 25.3. The van der Waals surface area contributed by atoms with Gasteiger partial charge < -0.3 is 24.6 Å². The molecule has 36 heavy (non-hydrogen) atoms. The Labute approximate surface area is 215 Å². The summed E-state index contributed by atoms with van der Waals surface area (Å²) in [5, 5.41) is 4.93. The van der Waals surface area contributed by atoms with Crippen LogP contribution < -0.4 is 14.8 Å². The number of carbonyl (C=O) groups excluding carboxylic acids is 2. The Kier molecular flexibility index (Phi) is 8.28. The van der Waals surface area contributed by atoms with Crippen LogP contribution in [0.4, 0.5) is 10.5 Å². The standard InChI is InChI=1S/C28H31N3O4S/c1-4-15-30(28(33)29-21-11-9-20(2)10-12-21)18-27(32)31-16-13-26-22(14-17-36-26)23(31)19-35-25-8-6-5-7-24(25)34-3/h4-12,14,17,23H,1,13,15-16,18-19H2,2-3H3,(H,29,33). The number of aryl methyl sites for hydroxylation is 1. The molecule has 8 heteroatoms. The van der Waals surface area contributed by atoms with Crippen LogP contribution >= 0.6 is 11.3 Å². The number of hydrogen-bond donors (Lipinski definition) is 1.